The molecule has 2 rings (SSSR count). The average molecular weight is 248 g/mol. The predicted molar refractivity (Wildman–Crippen MR) is 65.9 cm³/mol. The zero-order valence-electron chi connectivity index (χ0n) is 9.18. The Morgan fingerprint density at radius 2 is 2.00 bits per heavy atom. The molecule has 1 aromatic carbocycles. The highest BCUT2D eigenvalue weighted by Crippen LogP contribution is 2.24. The van der Waals surface area contributed by atoms with Crippen molar-refractivity contribution in [1.29, 1.82) is 0 Å². The van der Waals surface area contributed by atoms with E-state index in [1.165, 1.54) is 6.20 Å². The van der Waals surface area contributed by atoms with Crippen LogP contribution in [0.2, 0.25) is 5.02 Å². The number of halogens is 1. The van der Waals surface area contributed by atoms with Gasteiger partial charge in [-0.1, -0.05) is 11.6 Å². The third-order valence-electron chi connectivity index (χ3n) is 2.22. The number of hydrogen-bond acceptors (Lipinski definition) is 3. The number of rotatable bonds is 3. The van der Waals surface area contributed by atoms with Gasteiger partial charge in [0.15, 0.2) is 6.29 Å². The van der Waals surface area contributed by atoms with E-state index in [4.69, 9.17) is 16.3 Å². The van der Waals surface area contributed by atoms with E-state index in [1.54, 1.807) is 30.3 Å². The number of carbonyl (C=O) groups excluding carboxylic acids is 1. The van der Waals surface area contributed by atoms with Crippen LogP contribution in [-0.4, -0.2) is 11.3 Å². The van der Waals surface area contributed by atoms with E-state index >= 15 is 0 Å². The summed E-state index contributed by atoms with van der Waals surface area (Å²) in [5.74, 6) is 1.14. The maximum absolute atomic E-state index is 10.6. The maximum atomic E-state index is 10.6. The monoisotopic (exact) mass is 247 g/mol. The van der Waals surface area contributed by atoms with Gasteiger partial charge in [-0.3, -0.25) is 4.79 Å². The van der Waals surface area contributed by atoms with E-state index < -0.39 is 0 Å². The highest BCUT2D eigenvalue weighted by Gasteiger charge is 2.04. The van der Waals surface area contributed by atoms with Crippen LogP contribution in [0.3, 0.4) is 0 Å². The lowest BCUT2D eigenvalue weighted by Crippen LogP contribution is -1.93. The molecule has 0 aliphatic heterocycles. The normalized spacial score (nSPS) is 10.0. The van der Waals surface area contributed by atoms with Gasteiger partial charge in [-0.15, -0.1) is 0 Å². The van der Waals surface area contributed by atoms with Crippen LogP contribution in [0, 0.1) is 6.92 Å². The average Bonchev–Trinajstić information content (AvgIpc) is 2.34. The van der Waals surface area contributed by atoms with Crippen molar-refractivity contribution in [1.82, 2.24) is 4.98 Å². The van der Waals surface area contributed by atoms with E-state index in [2.05, 4.69) is 4.98 Å². The molecule has 0 aliphatic rings. The fourth-order valence-corrected chi connectivity index (χ4v) is 1.50. The van der Waals surface area contributed by atoms with Crippen molar-refractivity contribution >= 4 is 17.9 Å². The van der Waals surface area contributed by atoms with Crippen molar-refractivity contribution in [2.75, 3.05) is 0 Å². The summed E-state index contributed by atoms with van der Waals surface area (Å²) in [6.07, 6.45) is 2.23. The van der Waals surface area contributed by atoms with Crippen LogP contribution in [-0.2, 0) is 0 Å². The number of benzene rings is 1. The second-order valence-corrected chi connectivity index (χ2v) is 4.00. The molecule has 0 saturated carbocycles. The molecule has 86 valence electrons. The second kappa shape index (κ2) is 4.97. The Balaban J connectivity index is 2.24. The van der Waals surface area contributed by atoms with Gasteiger partial charge in [0.05, 0.1) is 0 Å². The zero-order chi connectivity index (χ0) is 12.3. The number of hydrogen-bond donors (Lipinski definition) is 0. The standard InChI is InChI=1S/C13H10ClNO2/c1-9-6-10(8-16)7-15-13(9)17-12-4-2-11(14)3-5-12/h2-8H,1H3. The van der Waals surface area contributed by atoms with Gasteiger partial charge in [-0.05, 0) is 37.3 Å². The van der Waals surface area contributed by atoms with E-state index in [9.17, 15) is 4.79 Å². The van der Waals surface area contributed by atoms with Gasteiger partial charge < -0.3 is 4.74 Å². The van der Waals surface area contributed by atoms with Crippen molar-refractivity contribution in [2.45, 2.75) is 6.92 Å². The lowest BCUT2D eigenvalue weighted by Gasteiger charge is -2.07. The Morgan fingerprint density at radius 1 is 1.29 bits per heavy atom. The van der Waals surface area contributed by atoms with E-state index in [0.717, 1.165) is 11.8 Å². The van der Waals surface area contributed by atoms with Crippen molar-refractivity contribution in [2.24, 2.45) is 0 Å². The summed E-state index contributed by atoms with van der Waals surface area (Å²) in [7, 11) is 0. The van der Waals surface area contributed by atoms with Crippen molar-refractivity contribution in [3.63, 3.8) is 0 Å². The molecule has 2 aromatic rings. The number of ether oxygens (including phenoxy) is 1. The van der Waals surface area contributed by atoms with Crippen LogP contribution >= 0.6 is 11.6 Å². The first-order valence-corrected chi connectivity index (χ1v) is 5.42. The summed E-state index contributed by atoms with van der Waals surface area (Å²) < 4.78 is 5.58. The summed E-state index contributed by atoms with van der Waals surface area (Å²) in [5, 5.41) is 0.651. The first kappa shape index (κ1) is 11.6. The molecule has 4 heteroatoms. The molecule has 0 bridgehead atoms. The quantitative estimate of drug-likeness (QED) is 0.777. The Morgan fingerprint density at radius 3 is 2.59 bits per heavy atom. The van der Waals surface area contributed by atoms with Gasteiger partial charge in [0.25, 0.3) is 0 Å². The summed E-state index contributed by atoms with van der Waals surface area (Å²) in [6, 6.07) is 8.73. The molecule has 17 heavy (non-hydrogen) atoms. The Hall–Kier alpha value is -1.87. The first-order chi connectivity index (χ1) is 8.19. The van der Waals surface area contributed by atoms with Crippen molar-refractivity contribution in [3.05, 3.63) is 52.7 Å². The van der Waals surface area contributed by atoms with E-state index in [1.807, 2.05) is 6.92 Å². The lowest BCUT2D eigenvalue weighted by atomic mass is 10.2. The van der Waals surface area contributed by atoms with Gasteiger partial charge in [0, 0.05) is 22.3 Å². The highest BCUT2D eigenvalue weighted by molar-refractivity contribution is 6.30. The minimum absolute atomic E-state index is 0.484. The number of aryl methyl sites for hydroxylation is 1. The molecular weight excluding hydrogens is 238 g/mol. The Bertz CT molecular complexity index is 538. The minimum atomic E-state index is 0.484. The van der Waals surface area contributed by atoms with Crippen LogP contribution in [0.25, 0.3) is 0 Å². The predicted octanol–water partition coefficient (Wildman–Crippen LogP) is 3.65. The molecule has 0 atom stereocenters. The number of aldehydes is 1. The fraction of sp³-hybridized carbons (Fsp3) is 0.0769. The third kappa shape index (κ3) is 2.82. The summed E-state index contributed by atoms with van der Waals surface area (Å²) in [5.41, 5.74) is 1.34. The molecule has 0 saturated heterocycles. The van der Waals surface area contributed by atoms with Crippen LogP contribution in [0.1, 0.15) is 15.9 Å². The van der Waals surface area contributed by atoms with Gasteiger partial charge in [0.1, 0.15) is 5.75 Å². The SMILES string of the molecule is Cc1cc(C=O)cnc1Oc1ccc(Cl)cc1. The smallest absolute Gasteiger partial charge is 0.222 e. The van der Waals surface area contributed by atoms with Crippen LogP contribution in [0.5, 0.6) is 11.6 Å². The molecule has 1 heterocycles. The molecule has 0 radical (unpaired) electrons. The largest absolute Gasteiger partial charge is 0.439 e. The summed E-state index contributed by atoms with van der Waals surface area (Å²) >= 11 is 5.78. The fourth-order valence-electron chi connectivity index (χ4n) is 1.37. The van der Waals surface area contributed by atoms with Crippen molar-refractivity contribution < 1.29 is 9.53 Å². The van der Waals surface area contributed by atoms with Gasteiger partial charge in [-0.2, -0.15) is 0 Å². The van der Waals surface area contributed by atoms with Crippen molar-refractivity contribution in [3.8, 4) is 11.6 Å². The molecule has 0 N–H and O–H groups in total. The topological polar surface area (TPSA) is 39.2 Å². The number of nitrogens with zero attached hydrogens (tertiary/aromatic N) is 1. The highest BCUT2D eigenvalue weighted by atomic mass is 35.5. The number of pyridine rings is 1. The summed E-state index contributed by atoms with van der Waals surface area (Å²) in [4.78, 5) is 14.7. The molecular formula is C13H10ClNO2. The number of aromatic nitrogens is 1. The van der Waals surface area contributed by atoms with Gasteiger partial charge in [0.2, 0.25) is 5.88 Å². The van der Waals surface area contributed by atoms with Crippen LogP contribution < -0.4 is 4.74 Å². The van der Waals surface area contributed by atoms with Crippen LogP contribution in [0.15, 0.2) is 36.5 Å². The number of carbonyl (C=O) groups is 1. The Labute approximate surface area is 104 Å². The van der Waals surface area contributed by atoms with Gasteiger partial charge >= 0.3 is 0 Å². The molecule has 0 fully saturated rings. The minimum Gasteiger partial charge on any atom is -0.439 e. The maximum Gasteiger partial charge on any atom is 0.222 e. The second-order valence-electron chi connectivity index (χ2n) is 3.56. The van der Waals surface area contributed by atoms with E-state index in [-0.39, 0.29) is 0 Å². The van der Waals surface area contributed by atoms with Crippen LogP contribution in [0.4, 0.5) is 0 Å². The lowest BCUT2D eigenvalue weighted by molar-refractivity contribution is 0.112. The molecule has 1 aromatic heterocycles. The van der Waals surface area contributed by atoms with E-state index in [0.29, 0.717) is 22.2 Å². The molecule has 0 aliphatic carbocycles. The molecule has 0 spiro atoms. The molecule has 3 nitrogen and oxygen atoms in total. The van der Waals surface area contributed by atoms with Gasteiger partial charge in [-0.25, -0.2) is 4.98 Å². The Kier molecular flexibility index (Phi) is 3.40. The summed E-state index contributed by atoms with van der Waals surface area (Å²) in [6.45, 7) is 1.84. The molecule has 0 amide bonds. The third-order valence-corrected chi connectivity index (χ3v) is 2.47. The first-order valence-electron chi connectivity index (χ1n) is 5.04. The molecule has 0 unspecified atom stereocenters. The zero-order valence-corrected chi connectivity index (χ0v) is 9.94.